The molecule has 0 radical (unpaired) electrons. The van der Waals surface area contributed by atoms with E-state index < -0.39 is 5.72 Å². The maximum atomic E-state index is 12.4. The Morgan fingerprint density at radius 1 is 1.32 bits per heavy atom. The molecule has 134 valence electrons. The number of hydrogen-bond donors (Lipinski definition) is 2. The highest BCUT2D eigenvalue weighted by Crippen LogP contribution is 2.33. The predicted molar refractivity (Wildman–Crippen MR) is 91.0 cm³/mol. The standard InChI is InChI=1S/C18H23N3O4/c1-12(2)19-15(22)11-21-10-9-18(8-7-16(21)23)20-17(24)13-5-3-4-6-14(13)25-18/h3-6,12H,7-11H2,1-2H3,(H,19,22)(H,20,24). The van der Waals surface area contributed by atoms with Gasteiger partial charge in [0.1, 0.15) is 5.75 Å². The molecule has 2 aliphatic heterocycles. The fraction of sp³-hybridized carbons (Fsp3) is 0.500. The lowest BCUT2D eigenvalue weighted by molar-refractivity contribution is -0.135. The molecule has 7 heteroatoms. The lowest BCUT2D eigenvalue weighted by Crippen LogP contribution is -2.56. The zero-order valence-electron chi connectivity index (χ0n) is 14.5. The number of para-hydroxylation sites is 1. The van der Waals surface area contributed by atoms with E-state index in [1.165, 1.54) is 4.90 Å². The molecule has 3 rings (SSSR count). The second-order valence-electron chi connectivity index (χ2n) is 6.83. The number of ether oxygens (including phenoxy) is 1. The van der Waals surface area contributed by atoms with Crippen LogP contribution < -0.4 is 15.4 Å². The molecule has 2 aliphatic rings. The fourth-order valence-corrected chi connectivity index (χ4v) is 3.22. The van der Waals surface area contributed by atoms with E-state index in [4.69, 9.17) is 4.74 Å². The van der Waals surface area contributed by atoms with Gasteiger partial charge in [0.05, 0.1) is 12.1 Å². The van der Waals surface area contributed by atoms with E-state index in [1.807, 2.05) is 19.9 Å². The first-order chi connectivity index (χ1) is 11.9. The highest BCUT2D eigenvalue weighted by Gasteiger charge is 2.42. The molecule has 0 saturated carbocycles. The first-order valence-corrected chi connectivity index (χ1v) is 8.56. The molecule has 2 heterocycles. The molecular formula is C18H23N3O4. The summed E-state index contributed by atoms with van der Waals surface area (Å²) in [7, 11) is 0. The van der Waals surface area contributed by atoms with Crippen LogP contribution in [0.5, 0.6) is 5.75 Å². The summed E-state index contributed by atoms with van der Waals surface area (Å²) >= 11 is 0. The highest BCUT2D eigenvalue weighted by molar-refractivity contribution is 5.98. The van der Waals surface area contributed by atoms with Crippen molar-refractivity contribution in [3.63, 3.8) is 0 Å². The van der Waals surface area contributed by atoms with Gasteiger partial charge in [0.25, 0.3) is 5.91 Å². The minimum absolute atomic E-state index is 0.0254. The second kappa shape index (κ2) is 6.74. The van der Waals surface area contributed by atoms with Gasteiger partial charge in [-0.3, -0.25) is 14.4 Å². The van der Waals surface area contributed by atoms with Gasteiger partial charge in [-0.15, -0.1) is 0 Å². The molecule has 1 aromatic carbocycles. The van der Waals surface area contributed by atoms with Crippen LogP contribution >= 0.6 is 0 Å². The van der Waals surface area contributed by atoms with E-state index in [0.717, 1.165) is 0 Å². The van der Waals surface area contributed by atoms with Crippen LogP contribution in [0.2, 0.25) is 0 Å². The van der Waals surface area contributed by atoms with Crippen molar-refractivity contribution in [3.05, 3.63) is 29.8 Å². The first-order valence-electron chi connectivity index (χ1n) is 8.56. The number of nitrogens with zero attached hydrogens (tertiary/aromatic N) is 1. The smallest absolute Gasteiger partial charge is 0.258 e. The molecule has 1 fully saturated rings. The number of hydrogen-bond acceptors (Lipinski definition) is 4. The number of carbonyl (C=O) groups excluding carboxylic acids is 3. The highest BCUT2D eigenvalue weighted by atomic mass is 16.5. The molecule has 2 N–H and O–H groups in total. The average molecular weight is 345 g/mol. The number of fused-ring (bicyclic) bond motifs is 1. The van der Waals surface area contributed by atoms with E-state index in [2.05, 4.69) is 10.6 Å². The van der Waals surface area contributed by atoms with Crippen LogP contribution in [0.25, 0.3) is 0 Å². The van der Waals surface area contributed by atoms with Gasteiger partial charge >= 0.3 is 0 Å². The van der Waals surface area contributed by atoms with E-state index >= 15 is 0 Å². The van der Waals surface area contributed by atoms with Crippen molar-refractivity contribution in [3.8, 4) is 5.75 Å². The Bertz CT molecular complexity index is 703. The number of nitrogens with one attached hydrogen (secondary N) is 2. The third-order valence-corrected chi connectivity index (χ3v) is 4.44. The van der Waals surface area contributed by atoms with Crippen molar-refractivity contribution in [2.75, 3.05) is 13.1 Å². The molecule has 1 atom stereocenters. The maximum absolute atomic E-state index is 12.4. The first kappa shape index (κ1) is 17.3. The molecular weight excluding hydrogens is 322 g/mol. The normalized spacial score (nSPS) is 22.9. The van der Waals surface area contributed by atoms with Gasteiger partial charge in [-0.05, 0) is 26.0 Å². The van der Waals surface area contributed by atoms with Gasteiger partial charge in [0.15, 0.2) is 5.72 Å². The summed E-state index contributed by atoms with van der Waals surface area (Å²) in [5, 5.41) is 5.70. The molecule has 0 aromatic heterocycles. The second-order valence-corrected chi connectivity index (χ2v) is 6.83. The SMILES string of the molecule is CC(C)NC(=O)CN1CCC2(CCC1=O)NC(=O)c1ccccc1O2. The van der Waals surface area contributed by atoms with Crippen LogP contribution in [0.1, 0.15) is 43.5 Å². The summed E-state index contributed by atoms with van der Waals surface area (Å²) in [4.78, 5) is 38.2. The van der Waals surface area contributed by atoms with Crippen molar-refractivity contribution >= 4 is 17.7 Å². The van der Waals surface area contributed by atoms with Gasteiger partial charge in [-0.2, -0.15) is 0 Å². The minimum atomic E-state index is -0.898. The van der Waals surface area contributed by atoms with Crippen molar-refractivity contribution in [1.29, 1.82) is 0 Å². The van der Waals surface area contributed by atoms with E-state index in [1.54, 1.807) is 18.2 Å². The molecule has 25 heavy (non-hydrogen) atoms. The Labute approximate surface area is 146 Å². The predicted octanol–water partition coefficient (Wildman–Crippen LogP) is 1.04. The Morgan fingerprint density at radius 3 is 2.84 bits per heavy atom. The molecule has 1 saturated heterocycles. The number of rotatable bonds is 3. The van der Waals surface area contributed by atoms with Crippen LogP contribution in [-0.2, 0) is 9.59 Å². The molecule has 1 aromatic rings. The quantitative estimate of drug-likeness (QED) is 0.857. The van der Waals surface area contributed by atoms with Gasteiger partial charge in [0.2, 0.25) is 11.8 Å². The number of benzene rings is 1. The maximum Gasteiger partial charge on any atom is 0.258 e. The average Bonchev–Trinajstić information content (AvgIpc) is 2.68. The third kappa shape index (κ3) is 3.75. The summed E-state index contributed by atoms with van der Waals surface area (Å²) in [5.74, 6) is 0.0516. The van der Waals surface area contributed by atoms with Crippen molar-refractivity contribution < 1.29 is 19.1 Å². The van der Waals surface area contributed by atoms with E-state index in [0.29, 0.717) is 30.7 Å². The van der Waals surface area contributed by atoms with E-state index in [9.17, 15) is 14.4 Å². The van der Waals surface area contributed by atoms with Crippen molar-refractivity contribution in [1.82, 2.24) is 15.5 Å². The van der Waals surface area contributed by atoms with E-state index in [-0.39, 0.29) is 36.7 Å². The molecule has 1 spiro atoms. The lowest BCUT2D eigenvalue weighted by Gasteiger charge is -2.38. The summed E-state index contributed by atoms with van der Waals surface area (Å²) < 4.78 is 6.07. The fourth-order valence-electron chi connectivity index (χ4n) is 3.22. The summed E-state index contributed by atoms with van der Waals surface area (Å²) in [6.07, 6.45) is 1.04. The monoisotopic (exact) mass is 345 g/mol. The molecule has 0 aliphatic carbocycles. The van der Waals surface area contributed by atoms with Crippen molar-refractivity contribution in [2.24, 2.45) is 0 Å². The van der Waals surface area contributed by atoms with Crippen LogP contribution in [0.3, 0.4) is 0 Å². The minimum Gasteiger partial charge on any atom is -0.467 e. The number of likely N-dealkylation sites (tertiary alicyclic amines) is 1. The number of carbonyl (C=O) groups is 3. The Morgan fingerprint density at radius 2 is 2.08 bits per heavy atom. The zero-order chi connectivity index (χ0) is 18.0. The van der Waals surface area contributed by atoms with Gasteiger partial charge in [-0.1, -0.05) is 12.1 Å². The summed E-state index contributed by atoms with van der Waals surface area (Å²) in [6, 6.07) is 7.10. The lowest BCUT2D eigenvalue weighted by atomic mass is 10.0. The van der Waals surface area contributed by atoms with Crippen LogP contribution in [0.15, 0.2) is 24.3 Å². The Hall–Kier alpha value is -2.57. The zero-order valence-corrected chi connectivity index (χ0v) is 14.5. The largest absolute Gasteiger partial charge is 0.467 e. The van der Waals surface area contributed by atoms with Crippen LogP contribution in [-0.4, -0.2) is 47.5 Å². The topological polar surface area (TPSA) is 87.7 Å². The third-order valence-electron chi connectivity index (χ3n) is 4.44. The van der Waals surface area contributed by atoms with Gasteiger partial charge in [0, 0.05) is 31.8 Å². The number of amides is 3. The molecule has 0 bridgehead atoms. The van der Waals surface area contributed by atoms with Crippen LogP contribution in [0.4, 0.5) is 0 Å². The summed E-state index contributed by atoms with van der Waals surface area (Å²) in [5.41, 5.74) is -0.401. The van der Waals surface area contributed by atoms with Crippen molar-refractivity contribution in [2.45, 2.75) is 44.9 Å². The Kier molecular flexibility index (Phi) is 4.65. The molecule has 1 unspecified atom stereocenters. The van der Waals surface area contributed by atoms with Gasteiger partial charge in [-0.25, -0.2) is 0 Å². The van der Waals surface area contributed by atoms with Crippen LogP contribution in [0, 0.1) is 0 Å². The Balaban J connectivity index is 1.72. The summed E-state index contributed by atoms with van der Waals surface area (Å²) in [6.45, 7) is 4.13. The van der Waals surface area contributed by atoms with Gasteiger partial charge < -0.3 is 20.3 Å². The molecule has 3 amide bonds. The molecule has 7 nitrogen and oxygen atoms in total.